The predicted molar refractivity (Wildman–Crippen MR) is 46.4 cm³/mol. The molecule has 0 aromatic rings. The van der Waals surface area contributed by atoms with E-state index in [4.69, 9.17) is 10.8 Å². The largest absolute Gasteiger partial charge is 0.510 e. The molecule has 0 aliphatic heterocycles. The van der Waals surface area contributed by atoms with Crippen molar-refractivity contribution in [2.24, 2.45) is 5.73 Å². The molecule has 0 aliphatic carbocycles. The van der Waals surface area contributed by atoms with E-state index in [1.165, 1.54) is 0 Å². The number of carbonyl (C=O) groups excluding carboxylic acids is 1. The first-order valence-corrected chi connectivity index (χ1v) is 3.98. The Labute approximate surface area is 73.5 Å². The van der Waals surface area contributed by atoms with Gasteiger partial charge in [0.15, 0.2) is 0 Å². The molecule has 0 rings (SSSR count). The van der Waals surface area contributed by atoms with Gasteiger partial charge in [-0.3, -0.25) is 0 Å². The van der Waals surface area contributed by atoms with Gasteiger partial charge in [0.05, 0.1) is 21.6 Å². The van der Waals surface area contributed by atoms with Gasteiger partial charge in [-0.15, -0.1) is 0 Å². The van der Waals surface area contributed by atoms with E-state index in [0.29, 0.717) is 6.42 Å². The highest BCUT2D eigenvalue weighted by molar-refractivity contribution is 7.10. The zero-order valence-corrected chi connectivity index (χ0v) is 8.10. The fraction of sp³-hybridized carbons (Fsp3) is 0.833. The highest BCUT2D eigenvalue weighted by Gasteiger charge is 2.23. The number of aliphatic hydroxyl groups is 1. The van der Waals surface area contributed by atoms with E-state index in [-0.39, 0.29) is 13.2 Å². The van der Waals surface area contributed by atoms with Gasteiger partial charge in [-0.05, 0) is 6.42 Å². The van der Waals surface area contributed by atoms with Crippen LogP contribution in [0.5, 0.6) is 0 Å². The van der Waals surface area contributed by atoms with Crippen molar-refractivity contribution in [1.82, 2.24) is 0 Å². The third-order valence-corrected chi connectivity index (χ3v) is 1.79. The van der Waals surface area contributed by atoms with Gasteiger partial charge in [0.2, 0.25) is 0 Å². The summed E-state index contributed by atoms with van der Waals surface area (Å²) in [7, 11) is 1.76. The Morgan fingerprint density at radius 3 is 2.67 bits per heavy atom. The fourth-order valence-corrected chi connectivity index (χ4v) is 0.564. The Morgan fingerprint density at radius 1 is 1.75 bits per heavy atom. The second kappa shape index (κ2) is 5.30. The first-order valence-electron chi connectivity index (χ1n) is 3.51. The minimum absolute atomic E-state index is 0.0484. The van der Waals surface area contributed by atoms with Crippen molar-refractivity contribution in [2.45, 2.75) is 18.9 Å². The van der Waals surface area contributed by atoms with Crippen LogP contribution in [0.15, 0.2) is 0 Å². The summed E-state index contributed by atoms with van der Waals surface area (Å²) in [4.78, 5) is 10.5. The van der Waals surface area contributed by atoms with Gasteiger partial charge in [-0.2, -0.15) is 0 Å². The van der Waals surface area contributed by atoms with Crippen LogP contribution in [0, 0.1) is 0 Å². The van der Waals surface area contributed by atoms with E-state index in [1.807, 2.05) is 0 Å². The Morgan fingerprint density at radius 2 is 2.33 bits per heavy atom. The summed E-state index contributed by atoms with van der Waals surface area (Å²) in [5, 5.41) is 8.81. The highest BCUT2D eigenvalue weighted by atomic mass is 31.0. The minimum atomic E-state index is -0.862. The SMILES string of the molecule is CCC(N)(CO)COC(=O)OP. The molecule has 0 fully saturated rings. The summed E-state index contributed by atoms with van der Waals surface area (Å²) in [6, 6.07) is 0. The van der Waals surface area contributed by atoms with Crippen LogP contribution in [0.4, 0.5) is 4.79 Å². The molecule has 0 radical (unpaired) electrons. The van der Waals surface area contributed by atoms with Crippen molar-refractivity contribution in [3.8, 4) is 0 Å². The van der Waals surface area contributed by atoms with Crippen molar-refractivity contribution in [3.05, 3.63) is 0 Å². The minimum Gasteiger partial charge on any atom is -0.432 e. The normalized spacial score (nSPS) is 15.0. The van der Waals surface area contributed by atoms with E-state index in [1.54, 1.807) is 16.4 Å². The van der Waals surface area contributed by atoms with Gasteiger partial charge in [0, 0.05) is 0 Å². The molecule has 5 nitrogen and oxygen atoms in total. The topological polar surface area (TPSA) is 81.8 Å². The Bertz CT molecular complexity index is 148. The number of ether oxygens (including phenoxy) is 1. The predicted octanol–water partition coefficient (Wildman–Crippen LogP) is 0.0295. The molecule has 0 heterocycles. The van der Waals surface area contributed by atoms with Crippen LogP contribution in [0.2, 0.25) is 0 Å². The summed E-state index contributed by atoms with van der Waals surface area (Å²) in [6.07, 6.45) is -0.301. The van der Waals surface area contributed by atoms with Crippen molar-refractivity contribution >= 4 is 15.6 Å². The molecule has 0 aliphatic rings. The van der Waals surface area contributed by atoms with Gasteiger partial charge < -0.3 is 20.1 Å². The summed E-state index contributed by atoms with van der Waals surface area (Å²) in [5.41, 5.74) is 4.75. The molecule has 0 saturated heterocycles. The third-order valence-electron chi connectivity index (χ3n) is 1.59. The lowest BCUT2D eigenvalue weighted by Gasteiger charge is -2.24. The second-order valence-electron chi connectivity index (χ2n) is 2.53. The first kappa shape index (κ1) is 11.6. The highest BCUT2D eigenvalue weighted by Crippen LogP contribution is 2.06. The van der Waals surface area contributed by atoms with E-state index in [9.17, 15) is 4.79 Å². The maximum atomic E-state index is 10.5. The van der Waals surface area contributed by atoms with Crippen LogP contribution >= 0.6 is 9.47 Å². The second-order valence-corrected chi connectivity index (χ2v) is 2.77. The van der Waals surface area contributed by atoms with Crippen LogP contribution < -0.4 is 5.73 Å². The average Bonchev–Trinajstić information content (AvgIpc) is 2.13. The molecule has 12 heavy (non-hydrogen) atoms. The van der Waals surface area contributed by atoms with Crippen LogP contribution in [0.1, 0.15) is 13.3 Å². The molecule has 0 amide bonds. The van der Waals surface area contributed by atoms with Gasteiger partial charge in [-0.1, -0.05) is 6.92 Å². The molecule has 2 atom stereocenters. The Kier molecular flexibility index (Phi) is 5.13. The fourth-order valence-electron chi connectivity index (χ4n) is 0.496. The monoisotopic (exact) mass is 195 g/mol. The van der Waals surface area contributed by atoms with Crippen molar-refractivity contribution in [3.63, 3.8) is 0 Å². The zero-order valence-electron chi connectivity index (χ0n) is 6.95. The van der Waals surface area contributed by atoms with Crippen molar-refractivity contribution in [2.75, 3.05) is 13.2 Å². The molecule has 0 aromatic carbocycles. The molecule has 6 heteroatoms. The van der Waals surface area contributed by atoms with Gasteiger partial charge in [0.1, 0.15) is 6.61 Å². The van der Waals surface area contributed by atoms with Crippen molar-refractivity contribution < 1.29 is 19.2 Å². The molecule has 0 saturated carbocycles. The van der Waals surface area contributed by atoms with Crippen molar-refractivity contribution in [1.29, 1.82) is 0 Å². The number of nitrogens with two attached hydrogens (primary N) is 1. The summed E-state index contributed by atoms with van der Waals surface area (Å²) < 4.78 is 8.72. The van der Waals surface area contributed by atoms with Gasteiger partial charge >= 0.3 is 6.16 Å². The number of hydrogen-bond acceptors (Lipinski definition) is 5. The number of hydrogen-bond donors (Lipinski definition) is 2. The lowest BCUT2D eigenvalue weighted by Crippen LogP contribution is -2.47. The standard InChI is InChI=1S/C6H14NO4P/c1-2-6(7,3-8)4-10-5(9)11-12/h8H,2-4,7,12H2,1H3. The smallest absolute Gasteiger partial charge is 0.432 e. The molecule has 0 bridgehead atoms. The summed E-state index contributed by atoms with van der Waals surface area (Å²) in [5.74, 6) is 0. The molecular weight excluding hydrogens is 181 g/mol. The molecule has 0 spiro atoms. The van der Waals surface area contributed by atoms with Crippen LogP contribution in [0.25, 0.3) is 0 Å². The maximum absolute atomic E-state index is 10.5. The van der Waals surface area contributed by atoms with Crippen LogP contribution in [0.3, 0.4) is 0 Å². The number of carbonyl (C=O) groups is 1. The summed E-state index contributed by atoms with van der Waals surface area (Å²) in [6.45, 7) is 1.52. The molecule has 0 aromatic heterocycles. The van der Waals surface area contributed by atoms with Gasteiger partial charge in [0.25, 0.3) is 0 Å². The molecular formula is C6H14NO4P. The first-order chi connectivity index (χ1) is 5.58. The van der Waals surface area contributed by atoms with E-state index < -0.39 is 11.7 Å². The lowest BCUT2D eigenvalue weighted by atomic mass is 10.0. The maximum Gasteiger partial charge on any atom is 0.510 e. The third kappa shape index (κ3) is 3.85. The number of rotatable bonds is 4. The summed E-state index contributed by atoms with van der Waals surface area (Å²) >= 11 is 0. The zero-order chi connectivity index (χ0) is 9.61. The molecule has 72 valence electrons. The van der Waals surface area contributed by atoms with E-state index >= 15 is 0 Å². The Hall–Kier alpha value is -0.380. The number of aliphatic hydroxyl groups excluding tert-OH is 1. The van der Waals surface area contributed by atoms with E-state index in [0.717, 1.165) is 0 Å². The molecule has 3 N–H and O–H groups in total. The quantitative estimate of drug-likeness (QED) is 0.488. The van der Waals surface area contributed by atoms with Crippen LogP contribution in [-0.4, -0.2) is 30.0 Å². The van der Waals surface area contributed by atoms with E-state index in [2.05, 4.69) is 9.26 Å². The molecule has 2 unspecified atom stereocenters. The van der Waals surface area contributed by atoms with Crippen LogP contribution in [-0.2, 0) is 9.26 Å². The Balaban J connectivity index is 3.80. The lowest BCUT2D eigenvalue weighted by molar-refractivity contribution is 0.0609. The van der Waals surface area contributed by atoms with Gasteiger partial charge in [-0.25, -0.2) is 4.79 Å². The average molecular weight is 195 g/mol.